The van der Waals surface area contributed by atoms with Crippen molar-refractivity contribution in [1.29, 1.82) is 0 Å². The van der Waals surface area contributed by atoms with Crippen molar-refractivity contribution in [3.63, 3.8) is 0 Å². The number of hydrogen-bond donors (Lipinski definition) is 1. The molecule has 0 radical (unpaired) electrons. The van der Waals surface area contributed by atoms with Gasteiger partial charge in [-0.05, 0) is 18.6 Å². The second-order valence-corrected chi connectivity index (χ2v) is 7.20. The topological polar surface area (TPSA) is 106 Å². The highest BCUT2D eigenvalue weighted by atomic mass is 16.6. The molecule has 0 aliphatic carbocycles. The van der Waals surface area contributed by atoms with Crippen LogP contribution in [0.15, 0.2) is 95.2 Å². The van der Waals surface area contributed by atoms with Gasteiger partial charge in [0, 0.05) is 11.6 Å². The molecular weight excluding hydrogens is 406 g/mol. The lowest BCUT2D eigenvalue weighted by atomic mass is 10.1. The summed E-state index contributed by atoms with van der Waals surface area (Å²) >= 11 is 0. The van der Waals surface area contributed by atoms with Crippen LogP contribution in [0.25, 0.3) is 11.3 Å². The van der Waals surface area contributed by atoms with Gasteiger partial charge in [-0.25, -0.2) is 0 Å². The lowest BCUT2D eigenvalue weighted by molar-refractivity contribution is -0.384. The van der Waals surface area contributed by atoms with Crippen molar-refractivity contribution in [3.8, 4) is 11.3 Å². The van der Waals surface area contributed by atoms with Gasteiger partial charge < -0.3 is 5.11 Å². The summed E-state index contributed by atoms with van der Waals surface area (Å²) in [6, 6.07) is 25.1. The zero-order valence-corrected chi connectivity index (χ0v) is 17.4. The fraction of sp³-hybridized carbons (Fsp3) is 0.125. The summed E-state index contributed by atoms with van der Waals surface area (Å²) in [6.45, 7) is 2.02. The van der Waals surface area contributed by atoms with Gasteiger partial charge >= 0.3 is 0 Å². The Hall–Kier alpha value is -4.17. The number of azo groups is 1. The van der Waals surface area contributed by atoms with E-state index in [1.165, 1.54) is 6.07 Å². The van der Waals surface area contributed by atoms with E-state index in [0.29, 0.717) is 17.1 Å². The number of para-hydroxylation sites is 1. The first-order valence-electron chi connectivity index (χ1n) is 10.1. The zero-order valence-electron chi connectivity index (χ0n) is 17.4. The number of aliphatic hydroxyl groups is 1. The Labute approximate surface area is 184 Å². The van der Waals surface area contributed by atoms with Crippen molar-refractivity contribution in [1.82, 2.24) is 9.78 Å². The lowest BCUT2D eigenvalue weighted by Gasteiger charge is -2.14. The van der Waals surface area contributed by atoms with Gasteiger partial charge in [0.05, 0.1) is 29.0 Å². The Morgan fingerprint density at radius 1 is 0.969 bits per heavy atom. The summed E-state index contributed by atoms with van der Waals surface area (Å²) in [7, 11) is 0. The first kappa shape index (κ1) is 21.1. The van der Waals surface area contributed by atoms with Crippen molar-refractivity contribution in [2.75, 3.05) is 0 Å². The van der Waals surface area contributed by atoms with Gasteiger partial charge in [0.2, 0.25) is 0 Å². The summed E-state index contributed by atoms with van der Waals surface area (Å²) in [5, 5.41) is 35.2. The monoisotopic (exact) mass is 427 g/mol. The molecule has 0 aliphatic heterocycles. The molecule has 1 aromatic heterocycles. The van der Waals surface area contributed by atoms with E-state index in [-0.39, 0.29) is 17.9 Å². The van der Waals surface area contributed by atoms with E-state index in [1.807, 2.05) is 60.7 Å². The average Bonchev–Trinajstić information content (AvgIpc) is 3.13. The Bertz CT molecular complexity index is 1250. The van der Waals surface area contributed by atoms with Crippen LogP contribution in [-0.2, 0) is 6.54 Å². The molecule has 1 N–H and O–H groups in total. The van der Waals surface area contributed by atoms with Gasteiger partial charge in [0.25, 0.3) is 5.69 Å². The largest absolute Gasteiger partial charge is 0.386 e. The lowest BCUT2D eigenvalue weighted by Crippen LogP contribution is -2.11. The molecule has 0 amide bonds. The van der Waals surface area contributed by atoms with Crippen molar-refractivity contribution in [2.24, 2.45) is 10.2 Å². The van der Waals surface area contributed by atoms with E-state index < -0.39 is 11.0 Å². The fourth-order valence-electron chi connectivity index (χ4n) is 3.46. The minimum atomic E-state index is -0.766. The molecule has 4 aromatic rings. The van der Waals surface area contributed by atoms with Crippen LogP contribution in [0.3, 0.4) is 0 Å². The van der Waals surface area contributed by atoms with E-state index in [2.05, 4.69) is 15.3 Å². The molecule has 0 saturated carbocycles. The van der Waals surface area contributed by atoms with Crippen molar-refractivity contribution in [3.05, 3.63) is 106 Å². The predicted octanol–water partition coefficient (Wildman–Crippen LogP) is 5.92. The summed E-state index contributed by atoms with van der Waals surface area (Å²) in [5.41, 5.74) is 3.45. The Kier molecular flexibility index (Phi) is 6.14. The molecule has 8 heteroatoms. The molecule has 0 fully saturated rings. The highest BCUT2D eigenvalue weighted by Gasteiger charge is 2.20. The number of hydrogen-bond acceptors (Lipinski definition) is 6. The number of nitro benzene ring substituents is 1. The normalized spacial score (nSPS) is 12.2. The second-order valence-electron chi connectivity index (χ2n) is 7.20. The number of nitrogens with zero attached hydrogens (tertiary/aromatic N) is 5. The van der Waals surface area contributed by atoms with Crippen LogP contribution in [0.2, 0.25) is 0 Å². The van der Waals surface area contributed by atoms with E-state index in [0.717, 1.165) is 11.1 Å². The highest BCUT2D eigenvalue weighted by molar-refractivity contribution is 5.74. The van der Waals surface area contributed by atoms with Crippen LogP contribution >= 0.6 is 0 Å². The zero-order chi connectivity index (χ0) is 22.5. The highest BCUT2D eigenvalue weighted by Crippen LogP contribution is 2.36. The second kappa shape index (κ2) is 9.32. The van der Waals surface area contributed by atoms with Crippen molar-refractivity contribution >= 4 is 17.1 Å². The Morgan fingerprint density at radius 3 is 2.28 bits per heavy atom. The van der Waals surface area contributed by atoms with Gasteiger partial charge in [-0.1, -0.05) is 72.8 Å². The molecule has 4 rings (SSSR count). The quantitative estimate of drug-likeness (QED) is 0.225. The smallest absolute Gasteiger partial charge is 0.296 e. The maximum atomic E-state index is 11.3. The van der Waals surface area contributed by atoms with Gasteiger partial charge in [-0.15, -0.1) is 10.2 Å². The molecular formula is C24H21N5O3. The third-order valence-electron chi connectivity index (χ3n) is 5.01. The van der Waals surface area contributed by atoms with Crippen LogP contribution in [0.5, 0.6) is 0 Å². The summed E-state index contributed by atoms with van der Waals surface area (Å²) < 4.78 is 1.70. The minimum Gasteiger partial charge on any atom is -0.386 e. The number of rotatable bonds is 7. The molecule has 1 unspecified atom stereocenters. The molecule has 0 aliphatic rings. The van der Waals surface area contributed by atoms with Gasteiger partial charge in [0.15, 0.2) is 5.69 Å². The maximum absolute atomic E-state index is 11.3. The molecule has 32 heavy (non-hydrogen) atoms. The molecule has 3 aromatic carbocycles. The molecule has 0 bridgehead atoms. The molecule has 8 nitrogen and oxygen atoms in total. The first-order valence-corrected chi connectivity index (χ1v) is 10.1. The van der Waals surface area contributed by atoms with E-state index in [4.69, 9.17) is 0 Å². The number of aryl methyl sites for hydroxylation is 1. The van der Waals surface area contributed by atoms with Gasteiger partial charge in [0.1, 0.15) is 5.69 Å². The number of benzene rings is 3. The van der Waals surface area contributed by atoms with E-state index >= 15 is 0 Å². The van der Waals surface area contributed by atoms with Crippen LogP contribution in [-0.4, -0.2) is 19.8 Å². The van der Waals surface area contributed by atoms with E-state index in [9.17, 15) is 15.2 Å². The molecule has 0 saturated heterocycles. The number of nitro groups is 1. The van der Waals surface area contributed by atoms with Crippen molar-refractivity contribution < 1.29 is 10.0 Å². The van der Waals surface area contributed by atoms with Gasteiger partial charge in [-0.3, -0.25) is 14.8 Å². The van der Waals surface area contributed by atoms with Crippen LogP contribution in [0.4, 0.5) is 17.1 Å². The summed E-state index contributed by atoms with van der Waals surface area (Å²) in [4.78, 5) is 10.8. The third-order valence-corrected chi connectivity index (χ3v) is 5.01. The molecule has 160 valence electrons. The molecule has 1 heterocycles. The fourth-order valence-corrected chi connectivity index (χ4v) is 3.46. The van der Waals surface area contributed by atoms with E-state index in [1.54, 1.807) is 29.8 Å². The third kappa shape index (κ3) is 4.45. The van der Waals surface area contributed by atoms with Gasteiger partial charge in [-0.2, -0.15) is 5.10 Å². The summed E-state index contributed by atoms with van der Waals surface area (Å²) in [5.74, 6) is 0. The average molecular weight is 427 g/mol. The Morgan fingerprint density at radius 2 is 1.59 bits per heavy atom. The first-order chi connectivity index (χ1) is 15.5. The SMILES string of the molecule is Cc1nn(CC(O)c2ccccc2)c(-c2ccccc2)c1N=Nc1ccccc1[N+](=O)[O-]. The molecule has 0 spiro atoms. The predicted molar refractivity (Wildman–Crippen MR) is 121 cm³/mol. The minimum absolute atomic E-state index is 0.123. The number of aliphatic hydroxyl groups excluding tert-OH is 1. The van der Waals surface area contributed by atoms with Crippen LogP contribution < -0.4 is 0 Å². The number of aromatic nitrogens is 2. The van der Waals surface area contributed by atoms with Crippen LogP contribution in [0, 0.1) is 17.0 Å². The van der Waals surface area contributed by atoms with Crippen LogP contribution in [0.1, 0.15) is 17.4 Å². The maximum Gasteiger partial charge on any atom is 0.296 e. The Balaban J connectivity index is 1.77. The standard InChI is InChI=1S/C24H21N5O3/c1-17-23(26-25-20-14-8-9-15-21(20)29(31)32)24(19-12-6-3-7-13-19)28(27-17)16-22(30)18-10-4-2-5-11-18/h2-15,22,30H,16H2,1H3. The molecule has 1 atom stereocenters. The summed E-state index contributed by atoms with van der Waals surface area (Å²) in [6.07, 6.45) is -0.766. The van der Waals surface area contributed by atoms with Crippen molar-refractivity contribution in [2.45, 2.75) is 19.6 Å².